The van der Waals surface area contributed by atoms with E-state index < -0.39 is 0 Å². The van der Waals surface area contributed by atoms with E-state index in [2.05, 4.69) is 10.3 Å². The number of amides is 1. The van der Waals surface area contributed by atoms with Gasteiger partial charge < -0.3 is 5.32 Å². The molecule has 0 atom stereocenters. The van der Waals surface area contributed by atoms with Gasteiger partial charge in [-0.2, -0.15) is 0 Å². The first-order valence-electron chi connectivity index (χ1n) is 6.58. The lowest BCUT2D eigenvalue weighted by Crippen LogP contribution is -2.13. The molecule has 0 aromatic carbocycles. The van der Waals surface area contributed by atoms with Crippen LogP contribution in [-0.2, 0) is 4.79 Å². The summed E-state index contributed by atoms with van der Waals surface area (Å²) >= 11 is 5.78. The fourth-order valence-electron chi connectivity index (χ4n) is 2.51. The third-order valence-corrected chi connectivity index (χ3v) is 3.79. The van der Waals surface area contributed by atoms with E-state index in [4.69, 9.17) is 11.6 Å². The second-order valence-electron chi connectivity index (χ2n) is 5.00. The van der Waals surface area contributed by atoms with Gasteiger partial charge in [0, 0.05) is 6.42 Å². The van der Waals surface area contributed by atoms with Gasteiger partial charge in [0.25, 0.3) is 0 Å². The van der Waals surface area contributed by atoms with Gasteiger partial charge in [-0.05, 0) is 31.4 Å². The molecular formula is C14H19ClN2O. The molecule has 0 saturated heterocycles. The number of aromatic nitrogens is 1. The van der Waals surface area contributed by atoms with Crippen molar-refractivity contribution in [2.45, 2.75) is 45.4 Å². The summed E-state index contributed by atoms with van der Waals surface area (Å²) in [6.45, 7) is 1.85. The molecule has 1 heterocycles. The van der Waals surface area contributed by atoms with Gasteiger partial charge in [-0.15, -0.1) is 0 Å². The van der Waals surface area contributed by atoms with Gasteiger partial charge in [0.2, 0.25) is 5.91 Å². The standard InChI is InChI=1S/C14H19ClN2O/c1-10-12(7-8-13(15)16-10)17-14(18)9-6-11-4-2-3-5-11/h7-8,11H,2-6,9H2,1H3,(H,17,18). The molecule has 1 aromatic rings. The predicted octanol–water partition coefficient (Wildman–Crippen LogP) is 3.95. The molecule has 0 bridgehead atoms. The Kier molecular flexibility index (Phi) is 4.59. The van der Waals surface area contributed by atoms with Gasteiger partial charge in [0.1, 0.15) is 5.15 Å². The number of nitrogens with zero attached hydrogens (tertiary/aromatic N) is 1. The molecule has 1 aliphatic rings. The molecule has 1 amide bonds. The molecule has 0 radical (unpaired) electrons. The van der Waals surface area contributed by atoms with E-state index in [0.717, 1.165) is 23.7 Å². The van der Waals surface area contributed by atoms with Crippen molar-refractivity contribution < 1.29 is 4.79 Å². The molecule has 98 valence electrons. The first-order chi connectivity index (χ1) is 8.65. The molecule has 1 saturated carbocycles. The molecule has 0 aliphatic heterocycles. The molecule has 1 aromatic heterocycles. The van der Waals surface area contributed by atoms with E-state index in [9.17, 15) is 4.79 Å². The van der Waals surface area contributed by atoms with Crippen LogP contribution in [0.3, 0.4) is 0 Å². The predicted molar refractivity (Wildman–Crippen MR) is 73.8 cm³/mol. The molecule has 18 heavy (non-hydrogen) atoms. The first-order valence-corrected chi connectivity index (χ1v) is 6.96. The zero-order chi connectivity index (χ0) is 13.0. The lowest BCUT2D eigenvalue weighted by molar-refractivity contribution is -0.116. The van der Waals surface area contributed by atoms with Crippen LogP contribution >= 0.6 is 11.6 Å². The van der Waals surface area contributed by atoms with Crippen LogP contribution in [0.2, 0.25) is 5.15 Å². The Morgan fingerprint density at radius 3 is 2.83 bits per heavy atom. The van der Waals surface area contributed by atoms with Crippen LogP contribution in [0.5, 0.6) is 0 Å². The zero-order valence-electron chi connectivity index (χ0n) is 10.7. The number of anilines is 1. The molecule has 1 N–H and O–H groups in total. The summed E-state index contributed by atoms with van der Waals surface area (Å²) in [4.78, 5) is 15.9. The lowest BCUT2D eigenvalue weighted by Gasteiger charge is -2.10. The van der Waals surface area contributed by atoms with Gasteiger partial charge in [0.05, 0.1) is 11.4 Å². The highest BCUT2D eigenvalue weighted by molar-refractivity contribution is 6.29. The van der Waals surface area contributed by atoms with Crippen LogP contribution in [0.1, 0.15) is 44.2 Å². The van der Waals surface area contributed by atoms with Crippen molar-refractivity contribution in [3.63, 3.8) is 0 Å². The Labute approximate surface area is 113 Å². The maximum absolute atomic E-state index is 11.8. The molecule has 3 nitrogen and oxygen atoms in total. The van der Waals surface area contributed by atoms with Gasteiger partial charge >= 0.3 is 0 Å². The highest BCUT2D eigenvalue weighted by Gasteiger charge is 2.16. The average molecular weight is 267 g/mol. The zero-order valence-corrected chi connectivity index (χ0v) is 11.5. The van der Waals surface area contributed by atoms with Crippen molar-refractivity contribution >= 4 is 23.2 Å². The number of hydrogen-bond donors (Lipinski definition) is 1. The summed E-state index contributed by atoms with van der Waals surface area (Å²) in [6, 6.07) is 3.50. The number of aryl methyl sites for hydroxylation is 1. The first kappa shape index (κ1) is 13.3. The smallest absolute Gasteiger partial charge is 0.224 e. The molecular weight excluding hydrogens is 248 g/mol. The molecule has 0 unspecified atom stereocenters. The number of halogens is 1. The van der Waals surface area contributed by atoms with E-state index in [0.29, 0.717) is 11.6 Å². The minimum Gasteiger partial charge on any atom is -0.325 e. The van der Waals surface area contributed by atoms with Crippen molar-refractivity contribution in [1.29, 1.82) is 0 Å². The maximum Gasteiger partial charge on any atom is 0.224 e. The van der Waals surface area contributed by atoms with Crippen molar-refractivity contribution in [2.24, 2.45) is 5.92 Å². The normalized spacial score (nSPS) is 15.9. The van der Waals surface area contributed by atoms with Crippen LogP contribution in [0.15, 0.2) is 12.1 Å². The number of carbonyl (C=O) groups is 1. The summed E-state index contributed by atoms with van der Waals surface area (Å²) in [5.41, 5.74) is 1.52. The number of hydrogen-bond acceptors (Lipinski definition) is 2. The second kappa shape index (κ2) is 6.19. The summed E-state index contributed by atoms with van der Waals surface area (Å²) in [6.07, 6.45) is 6.83. The van der Waals surface area contributed by atoms with E-state index in [-0.39, 0.29) is 5.91 Å². The summed E-state index contributed by atoms with van der Waals surface area (Å²) in [7, 11) is 0. The van der Waals surface area contributed by atoms with Crippen LogP contribution in [0.25, 0.3) is 0 Å². The summed E-state index contributed by atoms with van der Waals surface area (Å²) < 4.78 is 0. The largest absolute Gasteiger partial charge is 0.325 e. The monoisotopic (exact) mass is 266 g/mol. The third kappa shape index (κ3) is 3.70. The van der Waals surface area contributed by atoms with Crippen LogP contribution in [-0.4, -0.2) is 10.9 Å². The Morgan fingerprint density at radius 2 is 2.17 bits per heavy atom. The number of rotatable bonds is 4. The Balaban J connectivity index is 1.82. The average Bonchev–Trinajstić information content (AvgIpc) is 2.83. The Hall–Kier alpha value is -1.09. The highest BCUT2D eigenvalue weighted by atomic mass is 35.5. The lowest BCUT2D eigenvalue weighted by atomic mass is 10.0. The Morgan fingerprint density at radius 1 is 1.44 bits per heavy atom. The molecule has 2 rings (SSSR count). The number of carbonyl (C=O) groups excluding carboxylic acids is 1. The second-order valence-corrected chi connectivity index (χ2v) is 5.39. The fourth-order valence-corrected chi connectivity index (χ4v) is 2.70. The Bertz CT molecular complexity index is 428. The molecule has 1 aliphatic carbocycles. The summed E-state index contributed by atoms with van der Waals surface area (Å²) in [5.74, 6) is 0.828. The maximum atomic E-state index is 11.8. The van der Waals surface area contributed by atoms with Crippen LogP contribution < -0.4 is 5.32 Å². The van der Waals surface area contributed by atoms with Crippen molar-refractivity contribution in [3.8, 4) is 0 Å². The number of nitrogens with one attached hydrogen (secondary N) is 1. The third-order valence-electron chi connectivity index (χ3n) is 3.58. The van der Waals surface area contributed by atoms with Crippen LogP contribution in [0, 0.1) is 12.8 Å². The molecule has 0 spiro atoms. The van der Waals surface area contributed by atoms with Crippen molar-refractivity contribution in [3.05, 3.63) is 23.0 Å². The SMILES string of the molecule is Cc1nc(Cl)ccc1NC(=O)CCC1CCCC1. The summed E-state index contributed by atoms with van der Waals surface area (Å²) in [5, 5.41) is 3.36. The van der Waals surface area contributed by atoms with E-state index in [1.807, 2.05) is 6.92 Å². The van der Waals surface area contributed by atoms with E-state index in [1.165, 1.54) is 25.7 Å². The number of pyridine rings is 1. The molecule has 4 heteroatoms. The van der Waals surface area contributed by atoms with Gasteiger partial charge in [-0.1, -0.05) is 37.3 Å². The van der Waals surface area contributed by atoms with Crippen molar-refractivity contribution in [2.75, 3.05) is 5.32 Å². The fraction of sp³-hybridized carbons (Fsp3) is 0.571. The quantitative estimate of drug-likeness (QED) is 0.839. The van der Waals surface area contributed by atoms with Crippen LogP contribution in [0.4, 0.5) is 5.69 Å². The van der Waals surface area contributed by atoms with E-state index >= 15 is 0 Å². The minimum atomic E-state index is 0.0779. The highest BCUT2D eigenvalue weighted by Crippen LogP contribution is 2.28. The van der Waals surface area contributed by atoms with E-state index in [1.54, 1.807) is 12.1 Å². The minimum absolute atomic E-state index is 0.0779. The van der Waals surface area contributed by atoms with Gasteiger partial charge in [-0.25, -0.2) is 4.98 Å². The topological polar surface area (TPSA) is 42.0 Å². The van der Waals surface area contributed by atoms with Gasteiger partial charge in [-0.3, -0.25) is 4.79 Å². The molecule has 1 fully saturated rings. The van der Waals surface area contributed by atoms with Gasteiger partial charge in [0.15, 0.2) is 0 Å². The van der Waals surface area contributed by atoms with Crippen molar-refractivity contribution in [1.82, 2.24) is 4.98 Å².